The number of benzene rings is 1. The highest BCUT2D eigenvalue weighted by Gasteiger charge is 2.48. The van der Waals surface area contributed by atoms with Gasteiger partial charge in [0.2, 0.25) is 11.8 Å². The maximum Gasteiger partial charge on any atom is 0.269 e. The number of rotatable bonds is 2. The fourth-order valence-corrected chi connectivity index (χ4v) is 3.02. The molecule has 1 aliphatic carbocycles. The van der Waals surface area contributed by atoms with Crippen LogP contribution in [0.4, 0.5) is 11.4 Å². The van der Waals surface area contributed by atoms with Crippen LogP contribution >= 0.6 is 0 Å². The molecule has 2 atom stereocenters. The van der Waals surface area contributed by atoms with Crippen LogP contribution in [0.2, 0.25) is 0 Å². The summed E-state index contributed by atoms with van der Waals surface area (Å²) in [7, 11) is 0. The summed E-state index contributed by atoms with van der Waals surface area (Å²) in [6.45, 7) is 1.96. The lowest BCUT2D eigenvalue weighted by Crippen LogP contribution is -2.30. The number of hydrogen-bond acceptors (Lipinski definition) is 4. The maximum absolute atomic E-state index is 12.5. The van der Waals surface area contributed by atoms with Gasteiger partial charge in [-0.3, -0.25) is 24.6 Å². The molecule has 21 heavy (non-hydrogen) atoms. The lowest BCUT2D eigenvalue weighted by molar-refractivity contribution is -0.384. The molecular weight excluding hydrogens is 272 g/mol. The first kappa shape index (κ1) is 13.5. The molecule has 2 aliphatic rings. The molecule has 6 heteroatoms. The van der Waals surface area contributed by atoms with E-state index in [-0.39, 0.29) is 29.3 Å². The van der Waals surface area contributed by atoms with Crippen molar-refractivity contribution < 1.29 is 14.5 Å². The molecule has 1 heterocycles. The number of non-ortho nitro benzene ring substituents is 1. The Kier molecular flexibility index (Phi) is 3.08. The second-order valence-corrected chi connectivity index (χ2v) is 5.49. The van der Waals surface area contributed by atoms with E-state index >= 15 is 0 Å². The molecular formula is C15H14N2O4. The number of carbonyl (C=O) groups is 2. The van der Waals surface area contributed by atoms with Crippen molar-refractivity contribution in [3.63, 3.8) is 0 Å². The van der Waals surface area contributed by atoms with Crippen LogP contribution in [0.25, 0.3) is 0 Å². The summed E-state index contributed by atoms with van der Waals surface area (Å²) in [5.41, 5.74) is 1.47. The standard InChI is InChI=1S/C15H14N2O4/c1-9-2-7-12-13(8-9)15(19)16(14(12)18)10-3-5-11(6-4-10)17(20)21/h2-6,12-13H,7-8H2,1H3/t12-,13-/m1/s1. The molecule has 1 saturated heterocycles. The van der Waals surface area contributed by atoms with Gasteiger partial charge in [-0.1, -0.05) is 11.6 Å². The quantitative estimate of drug-likeness (QED) is 0.362. The number of carbonyl (C=O) groups excluding carboxylic acids is 2. The highest BCUT2D eigenvalue weighted by atomic mass is 16.6. The zero-order valence-corrected chi connectivity index (χ0v) is 11.5. The number of nitro benzene ring substituents is 1. The van der Waals surface area contributed by atoms with Gasteiger partial charge < -0.3 is 0 Å². The molecule has 3 rings (SSSR count). The third-order valence-corrected chi connectivity index (χ3v) is 4.14. The molecule has 0 aromatic heterocycles. The minimum atomic E-state index is -0.509. The van der Waals surface area contributed by atoms with Gasteiger partial charge in [0.1, 0.15) is 0 Å². The van der Waals surface area contributed by atoms with Crippen LogP contribution < -0.4 is 4.90 Å². The van der Waals surface area contributed by atoms with E-state index in [1.165, 1.54) is 29.2 Å². The lowest BCUT2D eigenvalue weighted by Gasteiger charge is -2.18. The number of amides is 2. The highest BCUT2D eigenvalue weighted by molar-refractivity contribution is 6.22. The molecule has 1 aliphatic heterocycles. The smallest absolute Gasteiger partial charge is 0.269 e. The summed E-state index contributed by atoms with van der Waals surface area (Å²) in [5, 5.41) is 10.7. The zero-order valence-electron chi connectivity index (χ0n) is 11.5. The molecule has 0 N–H and O–H groups in total. The lowest BCUT2D eigenvalue weighted by atomic mass is 9.82. The number of hydrogen-bond donors (Lipinski definition) is 0. The van der Waals surface area contributed by atoms with Gasteiger partial charge in [0.05, 0.1) is 22.4 Å². The van der Waals surface area contributed by atoms with Gasteiger partial charge in [0, 0.05) is 12.1 Å². The molecule has 0 bridgehead atoms. The predicted octanol–water partition coefficient (Wildman–Crippen LogP) is 2.44. The topological polar surface area (TPSA) is 80.5 Å². The van der Waals surface area contributed by atoms with Crippen molar-refractivity contribution in [2.24, 2.45) is 11.8 Å². The number of imide groups is 1. The van der Waals surface area contributed by atoms with Gasteiger partial charge in [-0.05, 0) is 31.9 Å². The maximum atomic E-state index is 12.5. The van der Waals surface area contributed by atoms with Crippen molar-refractivity contribution in [1.29, 1.82) is 0 Å². The first-order valence-corrected chi connectivity index (χ1v) is 6.77. The fraction of sp³-hybridized carbons (Fsp3) is 0.333. The number of nitro groups is 1. The number of nitrogens with zero attached hydrogens (tertiary/aromatic N) is 2. The molecule has 0 saturated carbocycles. The number of allylic oxidation sites excluding steroid dienone is 2. The molecule has 0 radical (unpaired) electrons. The van der Waals surface area contributed by atoms with Crippen LogP contribution in [0.3, 0.4) is 0 Å². The highest BCUT2D eigenvalue weighted by Crippen LogP contribution is 2.39. The van der Waals surface area contributed by atoms with E-state index in [9.17, 15) is 19.7 Å². The second kappa shape index (κ2) is 4.80. The Labute approximate surface area is 121 Å². The minimum absolute atomic E-state index is 0.0622. The van der Waals surface area contributed by atoms with Crippen molar-refractivity contribution in [2.75, 3.05) is 4.90 Å². The van der Waals surface area contributed by atoms with Gasteiger partial charge in [0.15, 0.2) is 0 Å². The Bertz CT molecular complexity index is 663. The summed E-state index contributed by atoms with van der Waals surface area (Å²) in [6.07, 6.45) is 3.20. The predicted molar refractivity (Wildman–Crippen MR) is 75.6 cm³/mol. The fourth-order valence-electron chi connectivity index (χ4n) is 3.02. The van der Waals surface area contributed by atoms with E-state index < -0.39 is 4.92 Å². The van der Waals surface area contributed by atoms with Gasteiger partial charge in [0.25, 0.3) is 5.69 Å². The van der Waals surface area contributed by atoms with Crippen LogP contribution in [0, 0.1) is 22.0 Å². The first-order chi connectivity index (χ1) is 9.99. The largest absolute Gasteiger partial charge is 0.274 e. The molecule has 1 aromatic rings. The van der Waals surface area contributed by atoms with Crippen LogP contribution in [0.5, 0.6) is 0 Å². The average molecular weight is 286 g/mol. The second-order valence-electron chi connectivity index (χ2n) is 5.49. The molecule has 1 aromatic carbocycles. The Morgan fingerprint density at radius 1 is 1.14 bits per heavy atom. The van der Waals surface area contributed by atoms with Gasteiger partial charge in [-0.2, -0.15) is 0 Å². The summed E-state index contributed by atoms with van der Waals surface area (Å²) in [6, 6.07) is 5.51. The Hall–Kier alpha value is -2.50. The third-order valence-electron chi connectivity index (χ3n) is 4.14. The van der Waals surface area contributed by atoms with Gasteiger partial charge >= 0.3 is 0 Å². The summed E-state index contributed by atoms with van der Waals surface area (Å²) < 4.78 is 0. The minimum Gasteiger partial charge on any atom is -0.274 e. The monoisotopic (exact) mass is 286 g/mol. The number of anilines is 1. The van der Waals surface area contributed by atoms with E-state index in [0.29, 0.717) is 18.5 Å². The Morgan fingerprint density at radius 2 is 1.76 bits per heavy atom. The third kappa shape index (κ3) is 2.12. The molecule has 6 nitrogen and oxygen atoms in total. The number of fused-ring (bicyclic) bond motifs is 1. The Morgan fingerprint density at radius 3 is 2.38 bits per heavy atom. The average Bonchev–Trinajstić information content (AvgIpc) is 2.70. The summed E-state index contributed by atoms with van der Waals surface area (Å²) in [5.74, 6) is -0.997. The molecule has 0 spiro atoms. The van der Waals surface area contributed by atoms with E-state index in [1.54, 1.807) is 0 Å². The normalized spacial score (nSPS) is 24.8. The SMILES string of the molecule is CC1=CC[C@H]2C(=O)N(c3ccc([N+](=O)[O-])cc3)C(=O)[C@@H]2C1. The van der Waals surface area contributed by atoms with Crippen molar-refractivity contribution >= 4 is 23.2 Å². The van der Waals surface area contributed by atoms with Crippen molar-refractivity contribution in [1.82, 2.24) is 0 Å². The van der Waals surface area contributed by atoms with Crippen molar-refractivity contribution in [2.45, 2.75) is 19.8 Å². The zero-order chi connectivity index (χ0) is 15.1. The van der Waals surface area contributed by atoms with E-state index in [0.717, 1.165) is 5.57 Å². The van der Waals surface area contributed by atoms with Crippen LogP contribution in [0.15, 0.2) is 35.9 Å². The molecule has 2 amide bonds. The van der Waals surface area contributed by atoms with E-state index in [1.807, 2.05) is 13.0 Å². The van der Waals surface area contributed by atoms with Crippen LogP contribution in [-0.2, 0) is 9.59 Å². The van der Waals surface area contributed by atoms with Crippen LogP contribution in [0.1, 0.15) is 19.8 Å². The Balaban J connectivity index is 1.91. The van der Waals surface area contributed by atoms with Crippen molar-refractivity contribution in [3.05, 3.63) is 46.0 Å². The molecule has 0 unspecified atom stereocenters. The van der Waals surface area contributed by atoms with E-state index in [4.69, 9.17) is 0 Å². The van der Waals surface area contributed by atoms with Gasteiger partial charge in [-0.25, -0.2) is 0 Å². The summed E-state index contributed by atoms with van der Waals surface area (Å²) in [4.78, 5) is 36.2. The van der Waals surface area contributed by atoms with Gasteiger partial charge in [-0.15, -0.1) is 0 Å². The first-order valence-electron chi connectivity index (χ1n) is 6.77. The molecule has 108 valence electrons. The van der Waals surface area contributed by atoms with Crippen molar-refractivity contribution in [3.8, 4) is 0 Å². The summed E-state index contributed by atoms with van der Waals surface area (Å²) >= 11 is 0. The molecule has 1 fully saturated rings. The van der Waals surface area contributed by atoms with E-state index in [2.05, 4.69) is 0 Å². The van der Waals surface area contributed by atoms with Crippen LogP contribution in [-0.4, -0.2) is 16.7 Å².